The van der Waals surface area contributed by atoms with E-state index in [1.165, 1.54) is 6.42 Å². The van der Waals surface area contributed by atoms with Crippen LogP contribution in [0.25, 0.3) is 0 Å². The summed E-state index contributed by atoms with van der Waals surface area (Å²) < 4.78 is 0. The molecule has 3 aliphatic rings. The van der Waals surface area contributed by atoms with Gasteiger partial charge < -0.3 is 0 Å². The van der Waals surface area contributed by atoms with Crippen molar-refractivity contribution in [3.8, 4) is 0 Å². The second-order valence-corrected chi connectivity index (χ2v) is 6.04. The average Bonchev–Trinajstić information content (AvgIpc) is 2.86. The molecule has 0 aromatic heterocycles. The molecule has 3 atom stereocenters. The molecule has 3 fully saturated rings. The van der Waals surface area contributed by atoms with Crippen LogP contribution in [0.1, 0.15) is 58.3 Å². The van der Waals surface area contributed by atoms with E-state index < -0.39 is 0 Å². The lowest BCUT2D eigenvalue weighted by atomic mass is 9.61. The van der Waals surface area contributed by atoms with Crippen LogP contribution in [0.3, 0.4) is 0 Å². The molecule has 1 spiro atoms. The molecule has 0 aromatic carbocycles. The zero-order valence-electron chi connectivity index (χ0n) is 8.89. The van der Waals surface area contributed by atoms with Crippen molar-refractivity contribution in [3.05, 3.63) is 0 Å². The first kappa shape index (κ1) is 8.32. The first-order chi connectivity index (χ1) is 6.30. The van der Waals surface area contributed by atoms with Gasteiger partial charge in [0, 0.05) is 0 Å². The van der Waals surface area contributed by atoms with E-state index in [2.05, 4.69) is 6.92 Å². The van der Waals surface area contributed by atoms with Crippen molar-refractivity contribution in [3.63, 3.8) is 0 Å². The highest BCUT2D eigenvalue weighted by molar-refractivity contribution is 5.04. The van der Waals surface area contributed by atoms with E-state index >= 15 is 0 Å². The van der Waals surface area contributed by atoms with Crippen LogP contribution in [-0.4, -0.2) is 0 Å². The molecule has 74 valence electrons. The zero-order valence-corrected chi connectivity index (χ0v) is 8.89. The average molecular weight is 178 g/mol. The van der Waals surface area contributed by atoms with Crippen molar-refractivity contribution < 1.29 is 0 Å². The smallest absolute Gasteiger partial charge is 0.0266 e. The fourth-order valence-corrected chi connectivity index (χ4v) is 4.31. The summed E-state index contributed by atoms with van der Waals surface area (Å²) in [5.74, 6) is 3.34. The summed E-state index contributed by atoms with van der Waals surface area (Å²) in [5, 5.41) is 0. The van der Waals surface area contributed by atoms with Crippen molar-refractivity contribution in [2.24, 2.45) is 23.2 Å². The third-order valence-corrected chi connectivity index (χ3v) is 5.17. The van der Waals surface area contributed by atoms with Crippen molar-refractivity contribution >= 4 is 0 Å². The molecule has 13 heavy (non-hydrogen) atoms. The number of hydrogen-bond acceptors (Lipinski definition) is 0. The summed E-state index contributed by atoms with van der Waals surface area (Å²) in [4.78, 5) is 0. The summed E-state index contributed by atoms with van der Waals surface area (Å²) in [7, 11) is 0. The van der Waals surface area contributed by atoms with E-state index in [0.29, 0.717) is 0 Å². The second kappa shape index (κ2) is 2.74. The van der Waals surface area contributed by atoms with Gasteiger partial charge in [-0.2, -0.15) is 0 Å². The van der Waals surface area contributed by atoms with Crippen LogP contribution < -0.4 is 0 Å². The molecule has 0 heteroatoms. The Morgan fingerprint density at radius 2 is 1.85 bits per heavy atom. The maximum Gasteiger partial charge on any atom is -0.0266 e. The van der Waals surface area contributed by atoms with Gasteiger partial charge in [-0.25, -0.2) is 0 Å². The Kier molecular flexibility index (Phi) is 1.76. The minimum Gasteiger partial charge on any atom is -0.0625 e. The van der Waals surface area contributed by atoms with E-state index in [9.17, 15) is 0 Å². The van der Waals surface area contributed by atoms with Crippen LogP contribution >= 0.6 is 0 Å². The highest BCUT2D eigenvalue weighted by Gasteiger charge is 2.53. The van der Waals surface area contributed by atoms with Gasteiger partial charge in [0.15, 0.2) is 0 Å². The predicted molar refractivity (Wildman–Crippen MR) is 55.5 cm³/mol. The standard InChI is InChI=1S/C13H22/c1-10-4-5-12-11(9-10)3-2-6-13(12)7-8-13/h10-12H,2-9H2,1H3. The van der Waals surface area contributed by atoms with Crippen molar-refractivity contribution in [1.29, 1.82) is 0 Å². The SMILES string of the molecule is CC1CCC2C(CCCC23CC3)C1. The van der Waals surface area contributed by atoms with Crippen LogP contribution in [0.2, 0.25) is 0 Å². The highest BCUT2D eigenvalue weighted by atomic mass is 14.6. The minimum absolute atomic E-state index is 0.906. The van der Waals surface area contributed by atoms with Gasteiger partial charge in [0.2, 0.25) is 0 Å². The van der Waals surface area contributed by atoms with Gasteiger partial charge in [0.05, 0.1) is 0 Å². The van der Waals surface area contributed by atoms with Crippen LogP contribution in [-0.2, 0) is 0 Å². The fourth-order valence-electron chi connectivity index (χ4n) is 4.31. The zero-order chi connectivity index (χ0) is 8.89. The summed E-state index contributed by atoms with van der Waals surface area (Å²) in [6.07, 6.45) is 12.5. The number of rotatable bonds is 0. The van der Waals surface area contributed by atoms with E-state index in [1.807, 2.05) is 0 Å². The van der Waals surface area contributed by atoms with Gasteiger partial charge >= 0.3 is 0 Å². The summed E-state index contributed by atoms with van der Waals surface area (Å²) in [6.45, 7) is 2.46. The molecule has 3 rings (SSSR count). The van der Waals surface area contributed by atoms with Gasteiger partial charge in [-0.1, -0.05) is 26.2 Å². The predicted octanol–water partition coefficient (Wildman–Crippen LogP) is 4.00. The second-order valence-electron chi connectivity index (χ2n) is 6.04. The Hall–Kier alpha value is 0. The van der Waals surface area contributed by atoms with Crippen molar-refractivity contribution in [2.75, 3.05) is 0 Å². The number of hydrogen-bond donors (Lipinski definition) is 0. The quantitative estimate of drug-likeness (QED) is 0.526. The lowest BCUT2D eigenvalue weighted by Gasteiger charge is -2.44. The molecule has 0 bridgehead atoms. The molecule has 0 N–H and O–H groups in total. The maximum atomic E-state index is 2.46. The normalized spacial score (nSPS) is 47.3. The third kappa shape index (κ3) is 1.25. The third-order valence-electron chi connectivity index (χ3n) is 5.17. The molecule has 0 saturated heterocycles. The maximum absolute atomic E-state index is 2.46. The Morgan fingerprint density at radius 3 is 2.62 bits per heavy atom. The van der Waals surface area contributed by atoms with E-state index in [4.69, 9.17) is 0 Å². The molecule has 0 aromatic rings. The Labute approximate surface area is 82.1 Å². The van der Waals surface area contributed by atoms with Gasteiger partial charge in [-0.05, 0) is 55.3 Å². The highest BCUT2D eigenvalue weighted by Crippen LogP contribution is 2.64. The molecule has 0 amide bonds. The molecule has 0 nitrogen and oxygen atoms in total. The van der Waals surface area contributed by atoms with Crippen LogP contribution in [0.15, 0.2) is 0 Å². The Bertz CT molecular complexity index is 202. The Morgan fingerprint density at radius 1 is 1.00 bits per heavy atom. The van der Waals surface area contributed by atoms with Gasteiger partial charge in [-0.3, -0.25) is 0 Å². The topological polar surface area (TPSA) is 0 Å². The lowest BCUT2D eigenvalue weighted by molar-refractivity contribution is 0.0653. The summed E-state index contributed by atoms with van der Waals surface area (Å²) in [5.41, 5.74) is 0.906. The van der Waals surface area contributed by atoms with Gasteiger partial charge in [0.1, 0.15) is 0 Å². The molecule has 0 heterocycles. The van der Waals surface area contributed by atoms with Crippen molar-refractivity contribution in [2.45, 2.75) is 58.3 Å². The van der Waals surface area contributed by atoms with Crippen LogP contribution in [0, 0.1) is 23.2 Å². The molecule has 3 aliphatic carbocycles. The van der Waals surface area contributed by atoms with E-state index in [1.54, 1.807) is 44.9 Å². The monoisotopic (exact) mass is 178 g/mol. The van der Waals surface area contributed by atoms with Crippen LogP contribution in [0.4, 0.5) is 0 Å². The fraction of sp³-hybridized carbons (Fsp3) is 1.00. The van der Waals surface area contributed by atoms with Gasteiger partial charge in [0.25, 0.3) is 0 Å². The first-order valence-electron chi connectivity index (χ1n) is 6.30. The van der Waals surface area contributed by atoms with E-state index in [0.717, 1.165) is 23.2 Å². The molecule has 3 saturated carbocycles. The minimum atomic E-state index is 0.906. The summed E-state index contributed by atoms with van der Waals surface area (Å²) >= 11 is 0. The summed E-state index contributed by atoms with van der Waals surface area (Å²) in [6, 6.07) is 0. The molecule has 0 radical (unpaired) electrons. The largest absolute Gasteiger partial charge is 0.0625 e. The lowest BCUT2D eigenvalue weighted by Crippen LogP contribution is -2.34. The van der Waals surface area contributed by atoms with E-state index in [-0.39, 0.29) is 0 Å². The Balaban J connectivity index is 1.77. The molecular formula is C13H22. The molecule has 0 aliphatic heterocycles. The molecular weight excluding hydrogens is 156 g/mol. The number of fused-ring (bicyclic) bond motifs is 2. The first-order valence-corrected chi connectivity index (χ1v) is 6.30. The molecule has 3 unspecified atom stereocenters. The van der Waals surface area contributed by atoms with Gasteiger partial charge in [-0.15, -0.1) is 0 Å². The van der Waals surface area contributed by atoms with Crippen LogP contribution in [0.5, 0.6) is 0 Å². The van der Waals surface area contributed by atoms with Crippen molar-refractivity contribution in [1.82, 2.24) is 0 Å².